The Bertz CT molecular complexity index is 474. The molecule has 1 N–H and O–H groups in total. The Morgan fingerprint density at radius 1 is 1.36 bits per heavy atom. The van der Waals surface area contributed by atoms with Crippen molar-refractivity contribution in [2.24, 2.45) is 0 Å². The molecule has 0 heterocycles. The van der Waals surface area contributed by atoms with Gasteiger partial charge >= 0.3 is 5.97 Å². The van der Waals surface area contributed by atoms with Crippen molar-refractivity contribution in [3.63, 3.8) is 0 Å². The fraction of sp³-hybridized carbons (Fsp3) is 0.222. The molecule has 0 fully saturated rings. The number of carboxylic acid groups (broad SMARTS) is 1. The minimum absolute atomic E-state index is 0.0212. The van der Waals surface area contributed by atoms with E-state index in [0.29, 0.717) is 0 Å². The highest BCUT2D eigenvalue weighted by Crippen LogP contribution is 2.18. The first-order valence-electron chi connectivity index (χ1n) is 3.87. The molecule has 14 heavy (non-hydrogen) atoms. The number of sulfone groups is 1. The summed E-state index contributed by atoms with van der Waals surface area (Å²) in [6.07, 6.45) is 1.06. The van der Waals surface area contributed by atoms with Gasteiger partial charge in [-0.15, -0.1) is 0 Å². The molecular formula is C9H10O4S. The van der Waals surface area contributed by atoms with E-state index < -0.39 is 15.8 Å². The van der Waals surface area contributed by atoms with Gasteiger partial charge in [0.25, 0.3) is 0 Å². The van der Waals surface area contributed by atoms with Gasteiger partial charge in [0.1, 0.15) is 0 Å². The fourth-order valence-corrected chi connectivity index (χ4v) is 2.24. The highest BCUT2D eigenvalue weighted by molar-refractivity contribution is 7.90. The van der Waals surface area contributed by atoms with Gasteiger partial charge in [-0.1, -0.05) is 6.07 Å². The second kappa shape index (κ2) is 3.42. The SMILES string of the molecule is Cc1c(C(=O)O)cccc1S(C)(=O)=O. The van der Waals surface area contributed by atoms with Crippen LogP contribution in [0.15, 0.2) is 23.1 Å². The van der Waals surface area contributed by atoms with E-state index in [-0.39, 0.29) is 16.0 Å². The van der Waals surface area contributed by atoms with Gasteiger partial charge in [0.05, 0.1) is 10.5 Å². The van der Waals surface area contributed by atoms with Crippen LogP contribution in [0, 0.1) is 6.92 Å². The van der Waals surface area contributed by atoms with E-state index in [1.165, 1.54) is 25.1 Å². The van der Waals surface area contributed by atoms with Crippen molar-refractivity contribution in [2.75, 3.05) is 6.26 Å². The van der Waals surface area contributed by atoms with Crippen LogP contribution in [-0.2, 0) is 9.84 Å². The lowest BCUT2D eigenvalue weighted by atomic mass is 10.1. The molecule has 0 spiro atoms. The van der Waals surface area contributed by atoms with Crippen LogP contribution in [0.2, 0.25) is 0 Å². The summed E-state index contributed by atoms with van der Waals surface area (Å²) in [5, 5.41) is 8.76. The van der Waals surface area contributed by atoms with Crippen LogP contribution in [0.25, 0.3) is 0 Å². The lowest BCUT2D eigenvalue weighted by Crippen LogP contribution is -2.06. The molecule has 1 aromatic rings. The molecule has 0 amide bonds. The minimum atomic E-state index is -3.35. The summed E-state index contributed by atoms with van der Waals surface area (Å²) in [5.41, 5.74) is 0.301. The van der Waals surface area contributed by atoms with Crippen LogP contribution in [0.1, 0.15) is 15.9 Å². The molecule has 0 bridgehead atoms. The number of benzene rings is 1. The summed E-state index contributed by atoms with van der Waals surface area (Å²) in [6.45, 7) is 1.49. The summed E-state index contributed by atoms with van der Waals surface area (Å²) < 4.78 is 22.5. The molecule has 76 valence electrons. The topological polar surface area (TPSA) is 71.4 Å². The van der Waals surface area contributed by atoms with Crippen molar-refractivity contribution in [1.82, 2.24) is 0 Å². The van der Waals surface area contributed by atoms with E-state index >= 15 is 0 Å². The lowest BCUT2D eigenvalue weighted by Gasteiger charge is -2.05. The first-order chi connectivity index (χ1) is 6.34. The third-order valence-electron chi connectivity index (χ3n) is 1.91. The zero-order chi connectivity index (χ0) is 10.9. The molecule has 1 rings (SSSR count). The van der Waals surface area contributed by atoms with E-state index in [9.17, 15) is 13.2 Å². The van der Waals surface area contributed by atoms with E-state index in [4.69, 9.17) is 5.11 Å². The van der Waals surface area contributed by atoms with Crippen molar-refractivity contribution in [1.29, 1.82) is 0 Å². The molecule has 0 atom stereocenters. The number of hydrogen-bond donors (Lipinski definition) is 1. The Morgan fingerprint density at radius 3 is 2.36 bits per heavy atom. The third-order valence-corrected chi connectivity index (χ3v) is 3.16. The summed E-state index contributed by atoms with van der Waals surface area (Å²) >= 11 is 0. The maximum Gasteiger partial charge on any atom is 0.335 e. The minimum Gasteiger partial charge on any atom is -0.478 e. The van der Waals surface area contributed by atoms with Crippen LogP contribution in [-0.4, -0.2) is 25.7 Å². The smallest absolute Gasteiger partial charge is 0.335 e. The molecule has 0 unspecified atom stereocenters. The quantitative estimate of drug-likeness (QED) is 0.800. The van der Waals surface area contributed by atoms with Gasteiger partial charge in [-0.05, 0) is 24.6 Å². The lowest BCUT2D eigenvalue weighted by molar-refractivity contribution is 0.0696. The van der Waals surface area contributed by atoms with Gasteiger partial charge in [0.2, 0.25) is 0 Å². The molecule has 0 aliphatic carbocycles. The Labute approximate surface area is 82.1 Å². The monoisotopic (exact) mass is 214 g/mol. The predicted octanol–water partition coefficient (Wildman–Crippen LogP) is 1.10. The summed E-state index contributed by atoms with van der Waals surface area (Å²) in [6, 6.07) is 4.20. The van der Waals surface area contributed by atoms with Gasteiger partial charge in [-0.3, -0.25) is 0 Å². The average Bonchev–Trinajstić information content (AvgIpc) is 2.01. The highest BCUT2D eigenvalue weighted by Gasteiger charge is 2.15. The highest BCUT2D eigenvalue weighted by atomic mass is 32.2. The third kappa shape index (κ3) is 1.93. The molecule has 0 saturated carbocycles. The first kappa shape index (κ1) is 10.7. The molecule has 4 nitrogen and oxygen atoms in total. The van der Waals surface area contributed by atoms with Crippen LogP contribution < -0.4 is 0 Å². The van der Waals surface area contributed by atoms with Crippen molar-refractivity contribution in [2.45, 2.75) is 11.8 Å². The van der Waals surface area contributed by atoms with E-state index in [1.807, 2.05) is 0 Å². The average molecular weight is 214 g/mol. The number of hydrogen-bond acceptors (Lipinski definition) is 3. The molecule has 0 aliphatic heterocycles. The zero-order valence-corrected chi connectivity index (χ0v) is 8.63. The molecule has 0 radical (unpaired) electrons. The van der Waals surface area contributed by atoms with Crippen LogP contribution >= 0.6 is 0 Å². The van der Waals surface area contributed by atoms with Crippen molar-refractivity contribution in [3.8, 4) is 0 Å². The second-order valence-corrected chi connectivity index (χ2v) is 4.99. The van der Waals surface area contributed by atoms with Gasteiger partial charge in [-0.25, -0.2) is 13.2 Å². The van der Waals surface area contributed by atoms with Crippen molar-refractivity contribution < 1.29 is 18.3 Å². The Hall–Kier alpha value is -1.36. The number of carboxylic acids is 1. The normalized spacial score (nSPS) is 11.3. The summed E-state index contributed by atoms with van der Waals surface area (Å²) in [7, 11) is -3.35. The van der Waals surface area contributed by atoms with Crippen LogP contribution in [0.4, 0.5) is 0 Å². The zero-order valence-electron chi connectivity index (χ0n) is 7.81. The van der Waals surface area contributed by atoms with Gasteiger partial charge in [-0.2, -0.15) is 0 Å². The van der Waals surface area contributed by atoms with Gasteiger partial charge in [0, 0.05) is 6.26 Å². The summed E-state index contributed by atoms with van der Waals surface area (Å²) in [4.78, 5) is 10.8. The predicted molar refractivity (Wildman–Crippen MR) is 51.2 cm³/mol. The fourth-order valence-electron chi connectivity index (χ4n) is 1.25. The van der Waals surface area contributed by atoms with Gasteiger partial charge in [0.15, 0.2) is 9.84 Å². The van der Waals surface area contributed by atoms with Gasteiger partial charge < -0.3 is 5.11 Å². The molecule has 0 aliphatic rings. The number of carbonyl (C=O) groups is 1. The standard InChI is InChI=1S/C9H10O4S/c1-6-7(9(10)11)4-3-5-8(6)14(2,12)13/h3-5H,1-2H3,(H,10,11). The van der Waals surface area contributed by atoms with Crippen molar-refractivity contribution >= 4 is 15.8 Å². The number of aromatic carboxylic acids is 1. The maximum absolute atomic E-state index is 11.2. The van der Waals surface area contributed by atoms with Crippen LogP contribution in [0.3, 0.4) is 0 Å². The Balaban J connectivity index is 3.51. The van der Waals surface area contributed by atoms with E-state index in [0.717, 1.165) is 6.26 Å². The van der Waals surface area contributed by atoms with Crippen molar-refractivity contribution in [3.05, 3.63) is 29.3 Å². The summed E-state index contributed by atoms with van der Waals surface area (Å²) in [5.74, 6) is -1.12. The van der Waals surface area contributed by atoms with E-state index in [2.05, 4.69) is 0 Å². The first-order valence-corrected chi connectivity index (χ1v) is 5.76. The largest absolute Gasteiger partial charge is 0.478 e. The molecular weight excluding hydrogens is 204 g/mol. The molecule has 1 aromatic carbocycles. The molecule has 5 heteroatoms. The second-order valence-electron chi connectivity index (χ2n) is 3.01. The van der Waals surface area contributed by atoms with E-state index in [1.54, 1.807) is 0 Å². The Morgan fingerprint density at radius 2 is 1.93 bits per heavy atom. The Kier molecular flexibility index (Phi) is 2.62. The number of rotatable bonds is 2. The van der Waals surface area contributed by atoms with Crippen LogP contribution in [0.5, 0.6) is 0 Å². The maximum atomic E-state index is 11.2. The molecule has 0 aromatic heterocycles. The molecule has 0 saturated heterocycles.